The van der Waals surface area contributed by atoms with Crippen LogP contribution in [0.2, 0.25) is 0 Å². The van der Waals surface area contributed by atoms with Crippen LogP contribution >= 0.6 is 0 Å². The highest BCUT2D eigenvalue weighted by atomic mass is 16.4. The predicted molar refractivity (Wildman–Crippen MR) is 74.0 cm³/mol. The minimum absolute atomic E-state index is 0.173. The van der Waals surface area contributed by atoms with E-state index in [4.69, 9.17) is 0 Å². The van der Waals surface area contributed by atoms with Gasteiger partial charge in [-0.05, 0) is 25.2 Å². The summed E-state index contributed by atoms with van der Waals surface area (Å²) in [5, 5.41) is 12.1. The Morgan fingerprint density at radius 1 is 1.32 bits per heavy atom. The lowest BCUT2D eigenvalue weighted by molar-refractivity contribution is -0.148. The highest BCUT2D eigenvalue weighted by Crippen LogP contribution is 2.37. The third-order valence-corrected chi connectivity index (χ3v) is 3.98. The van der Waals surface area contributed by atoms with E-state index in [0.29, 0.717) is 25.3 Å². The molecule has 0 aromatic carbocycles. The van der Waals surface area contributed by atoms with Gasteiger partial charge in [0.25, 0.3) is 0 Å². The van der Waals surface area contributed by atoms with Gasteiger partial charge in [0.15, 0.2) is 0 Å². The van der Waals surface area contributed by atoms with E-state index in [1.807, 2.05) is 0 Å². The van der Waals surface area contributed by atoms with Crippen molar-refractivity contribution in [2.75, 3.05) is 20.1 Å². The molecule has 0 unspecified atom stereocenters. The summed E-state index contributed by atoms with van der Waals surface area (Å²) in [6, 6.07) is -0.173. The molecule has 1 rings (SSSR count). The van der Waals surface area contributed by atoms with Crippen molar-refractivity contribution in [3.05, 3.63) is 0 Å². The summed E-state index contributed by atoms with van der Waals surface area (Å²) < 4.78 is 0. The molecule has 0 radical (unpaired) electrons. The van der Waals surface area contributed by atoms with Crippen LogP contribution < -0.4 is 5.32 Å². The highest BCUT2D eigenvalue weighted by molar-refractivity contribution is 5.78. The van der Waals surface area contributed by atoms with E-state index in [1.165, 1.54) is 0 Å². The summed E-state index contributed by atoms with van der Waals surface area (Å²) >= 11 is 0. The van der Waals surface area contributed by atoms with E-state index in [1.54, 1.807) is 11.9 Å². The topological polar surface area (TPSA) is 69.6 Å². The second-order valence-corrected chi connectivity index (χ2v) is 6.06. The molecular formula is C14H26N2O3. The molecule has 1 aliphatic rings. The number of urea groups is 1. The molecule has 0 heterocycles. The second-order valence-electron chi connectivity index (χ2n) is 6.06. The van der Waals surface area contributed by atoms with Crippen LogP contribution in [0.15, 0.2) is 0 Å². The number of carbonyl (C=O) groups is 2. The molecule has 5 nitrogen and oxygen atoms in total. The molecule has 1 saturated carbocycles. The van der Waals surface area contributed by atoms with Crippen molar-refractivity contribution in [2.24, 2.45) is 11.3 Å². The van der Waals surface area contributed by atoms with E-state index in [-0.39, 0.29) is 12.6 Å². The number of hydrogen-bond acceptors (Lipinski definition) is 2. The summed E-state index contributed by atoms with van der Waals surface area (Å²) in [6.07, 6.45) is 4.15. The first-order chi connectivity index (χ1) is 8.87. The quantitative estimate of drug-likeness (QED) is 0.778. The van der Waals surface area contributed by atoms with Crippen LogP contribution in [0.1, 0.15) is 46.0 Å². The van der Waals surface area contributed by atoms with Crippen LogP contribution in [0.3, 0.4) is 0 Å². The first-order valence-corrected chi connectivity index (χ1v) is 7.10. The van der Waals surface area contributed by atoms with Crippen LogP contribution in [-0.4, -0.2) is 42.1 Å². The van der Waals surface area contributed by atoms with Crippen molar-refractivity contribution in [2.45, 2.75) is 46.0 Å². The molecule has 110 valence electrons. The highest BCUT2D eigenvalue weighted by Gasteiger charge is 2.41. The van der Waals surface area contributed by atoms with Crippen LogP contribution in [0.5, 0.6) is 0 Å². The fraction of sp³-hybridized carbons (Fsp3) is 0.857. The van der Waals surface area contributed by atoms with Crippen LogP contribution in [0.4, 0.5) is 4.79 Å². The van der Waals surface area contributed by atoms with Crippen LogP contribution in [-0.2, 0) is 4.79 Å². The number of aliphatic carboxylic acids is 1. The van der Waals surface area contributed by atoms with Gasteiger partial charge in [-0.1, -0.05) is 26.7 Å². The van der Waals surface area contributed by atoms with Gasteiger partial charge in [0.2, 0.25) is 0 Å². The number of nitrogens with zero attached hydrogens (tertiary/aromatic N) is 1. The fourth-order valence-corrected chi connectivity index (χ4v) is 2.45. The lowest BCUT2D eigenvalue weighted by Crippen LogP contribution is -2.45. The van der Waals surface area contributed by atoms with Gasteiger partial charge in [0.05, 0.1) is 5.41 Å². The molecule has 1 aliphatic carbocycles. The van der Waals surface area contributed by atoms with Crippen molar-refractivity contribution >= 4 is 12.0 Å². The maximum atomic E-state index is 11.9. The maximum absolute atomic E-state index is 11.9. The summed E-state index contributed by atoms with van der Waals surface area (Å²) in [6.45, 7) is 5.17. The molecule has 0 spiro atoms. The standard InChI is InChI=1S/C14H26N2O3/c1-11(2)6-9-16(3)13(19)15-10-14(12(17)18)7-4-5-8-14/h11H,4-10H2,1-3H3,(H,15,19)(H,17,18). The zero-order valence-corrected chi connectivity index (χ0v) is 12.2. The number of amides is 2. The molecule has 19 heavy (non-hydrogen) atoms. The third-order valence-electron chi connectivity index (χ3n) is 3.98. The molecule has 0 atom stereocenters. The largest absolute Gasteiger partial charge is 0.481 e. The Bertz CT molecular complexity index is 323. The Balaban J connectivity index is 2.42. The molecule has 5 heteroatoms. The van der Waals surface area contributed by atoms with E-state index < -0.39 is 11.4 Å². The van der Waals surface area contributed by atoms with Gasteiger partial charge in [0, 0.05) is 20.1 Å². The number of nitrogens with one attached hydrogen (secondary N) is 1. The summed E-state index contributed by atoms with van der Waals surface area (Å²) in [7, 11) is 1.75. The first kappa shape index (κ1) is 15.8. The molecule has 0 bridgehead atoms. The number of hydrogen-bond donors (Lipinski definition) is 2. The van der Waals surface area contributed by atoms with Gasteiger partial charge in [-0.25, -0.2) is 4.79 Å². The zero-order valence-electron chi connectivity index (χ0n) is 12.2. The third kappa shape index (κ3) is 4.40. The molecular weight excluding hydrogens is 244 g/mol. The molecule has 0 saturated heterocycles. The molecule has 0 aromatic heterocycles. The number of carboxylic acid groups (broad SMARTS) is 1. The zero-order chi connectivity index (χ0) is 14.5. The molecule has 0 aliphatic heterocycles. The van der Waals surface area contributed by atoms with Crippen molar-refractivity contribution in [3.8, 4) is 0 Å². The van der Waals surface area contributed by atoms with Crippen LogP contribution in [0.25, 0.3) is 0 Å². The lowest BCUT2D eigenvalue weighted by atomic mass is 9.86. The summed E-state index contributed by atoms with van der Waals surface area (Å²) in [5.74, 6) is -0.231. The smallest absolute Gasteiger partial charge is 0.317 e. The number of carboxylic acids is 1. The van der Waals surface area contributed by atoms with Gasteiger partial charge in [0.1, 0.15) is 0 Å². The average molecular weight is 270 g/mol. The number of carbonyl (C=O) groups excluding carboxylic acids is 1. The second kappa shape index (κ2) is 6.78. The Morgan fingerprint density at radius 2 is 1.89 bits per heavy atom. The normalized spacial score (nSPS) is 17.5. The van der Waals surface area contributed by atoms with Gasteiger partial charge in [-0.3, -0.25) is 4.79 Å². The van der Waals surface area contributed by atoms with E-state index >= 15 is 0 Å². The first-order valence-electron chi connectivity index (χ1n) is 7.10. The Morgan fingerprint density at radius 3 is 2.37 bits per heavy atom. The minimum atomic E-state index is -0.782. The van der Waals surface area contributed by atoms with E-state index in [2.05, 4.69) is 19.2 Å². The maximum Gasteiger partial charge on any atom is 0.317 e. The Hall–Kier alpha value is -1.26. The van der Waals surface area contributed by atoms with Crippen LogP contribution in [0, 0.1) is 11.3 Å². The average Bonchev–Trinajstić information content (AvgIpc) is 2.83. The van der Waals surface area contributed by atoms with Gasteiger partial charge < -0.3 is 15.3 Å². The SMILES string of the molecule is CC(C)CCN(C)C(=O)NCC1(C(=O)O)CCCC1. The molecule has 2 N–H and O–H groups in total. The molecule has 1 fully saturated rings. The van der Waals surface area contributed by atoms with Gasteiger partial charge in [-0.2, -0.15) is 0 Å². The Kier molecular flexibility index (Phi) is 5.63. The van der Waals surface area contributed by atoms with E-state index in [9.17, 15) is 14.7 Å². The minimum Gasteiger partial charge on any atom is -0.481 e. The molecule has 0 aromatic rings. The van der Waals surface area contributed by atoms with Crippen molar-refractivity contribution in [3.63, 3.8) is 0 Å². The summed E-state index contributed by atoms with van der Waals surface area (Å²) in [4.78, 5) is 24.9. The molecule has 2 amide bonds. The fourth-order valence-electron chi connectivity index (χ4n) is 2.45. The monoisotopic (exact) mass is 270 g/mol. The Labute approximate surface area is 115 Å². The lowest BCUT2D eigenvalue weighted by Gasteiger charge is -2.26. The van der Waals surface area contributed by atoms with Gasteiger partial charge >= 0.3 is 12.0 Å². The number of rotatable bonds is 6. The predicted octanol–water partition coefficient (Wildman–Crippen LogP) is 2.32. The van der Waals surface area contributed by atoms with Crippen molar-refractivity contribution in [1.29, 1.82) is 0 Å². The van der Waals surface area contributed by atoms with Crippen molar-refractivity contribution < 1.29 is 14.7 Å². The van der Waals surface area contributed by atoms with Crippen molar-refractivity contribution in [1.82, 2.24) is 10.2 Å². The van der Waals surface area contributed by atoms with Gasteiger partial charge in [-0.15, -0.1) is 0 Å². The van der Waals surface area contributed by atoms with E-state index in [0.717, 1.165) is 19.3 Å². The summed E-state index contributed by atoms with van der Waals surface area (Å²) in [5.41, 5.74) is -0.742.